The van der Waals surface area contributed by atoms with Crippen molar-refractivity contribution in [3.63, 3.8) is 0 Å². The number of benzene rings is 1. The van der Waals surface area contributed by atoms with E-state index in [0.29, 0.717) is 17.1 Å². The Morgan fingerprint density at radius 2 is 1.93 bits per heavy atom. The first-order valence-corrected chi connectivity index (χ1v) is 10.4. The van der Waals surface area contributed by atoms with Gasteiger partial charge < -0.3 is 13.7 Å². The molecule has 5 nitrogen and oxygen atoms in total. The molecule has 0 saturated carbocycles. The number of piperidine rings is 1. The van der Waals surface area contributed by atoms with E-state index in [1.807, 2.05) is 41.9 Å². The van der Waals surface area contributed by atoms with E-state index in [-0.39, 0.29) is 5.63 Å². The summed E-state index contributed by atoms with van der Waals surface area (Å²) in [5, 5.41) is 0.955. The van der Waals surface area contributed by atoms with Crippen LogP contribution in [0, 0.1) is 6.92 Å². The van der Waals surface area contributed by atoms with Crippen LogP contribution in [0.25, 0.3) is 27.7 Å². The van der Waals surface area contributed by atoms with Crippen LogP contribution in [-0.4, -0.2) is 33.9 Å². The van der Waals surface area contributed by atoms with Gasteiger partial charge in [0, 0.05) is 23.3 Å². The van der Waals surface area contributed by atoms with Crippen LogP contribution in [0.2, 0.25) is 0 Å². The Kier molecular flexibility index (Phi) is 4.47. The van der Waals surface area contributed by atoms with Crippen molar-refractivity contribution in [1.82, 2.24) is 14.3 Å². The maximum Gasteiger partial charge on any atom is 0.344 e. The number of fused-ring (bicyclic) bond motifs is 2. The Morgan fingerprint density at radius 3 is 2.72 bits per heavy atom. The number of pyridine rings is 1. The van der Waals surface area contributed by atoms with Gasteiger partial charge in [-0.3, -0.25) is 0 Å². The second-order valence-electron chi connectivity index (χ2n) is 8.02. The minimum Gasteiger partial charge on any atom is -0.422 e. The van der Waals surface area contributed by atoms with E-state index in [1.165, 1.54) is 5.56 Å². The zero-order valence-electron chi connectivity index (χ0n) is 16.9. The van der Waals surface area contributed by atoms with Crippen molar-refractivity contribution in [3.8, 4) is 11.1 Å². The predicted molar refractivity (Wildman–Crippen MR) is 115 cm³/mol. The lowest BCUT2D eigenvalue weighted by molar-refractivity contribution is 0.222. The molecule has 4 aromatic rings. The molecule has 1 aliphatic rings. The molecule has 0 amide bonds. The summed E-state index contributed by atoms with van der Waals surface area (Å²) in [7, 11) is 0. The summed E-state index contributed by atoms with van der Waals surface area (Å²) in [6.07, 6.45) is 6.21. The van der Waals surface area contributed by atoms with E-state index in [4.69, 9.17) is 4.42 Å². The fourth-order valence-corrected chi connectivity index (χ4v) is 4.44. The predicted octanol–water partition coefficient (Wildman–Crippen LogP) is 4.62. The molecule has 4 heterocycles. The summed E-state index contributed by atoms with van der Waals surface area (Å²) in [5.41, 5.74) is 4.89. The quantitative estimate of drug-likeness (QED) is 0.482. The van der Waals surface area contributed by atoms with Crippen molar-refractivity contribution in [2.45, 2.75) is 32.6 Å². The highest BCUT2D eigenvalue weighted by atomic mass is 16.4. The first-order valence-electron chi connectivity index (χ1n) is 10.4. The number of aryl methyl sites for hydroxylation is 1. The van der Waals surface area contributed by atoms with Gasteiger partial charge in [0.15, 0.2) is 0 Å². The molecule has 29 heavy (non-hydrogen) atoms. The van der Waals surface area contributed by atoms with Crippen LogP contribution in [0.3, 0.4) is 0 Å². The van der Waals surface area contributed by atoms with Crippen LogP contribution in [-0.2, 0) is 0 Å². The lowest BCUT2D eigenvalue weighted by Gasteiger charge is -2.31. The molecule has 0 unspecified atom stereocenters. The van der Waals surface area contributed by atoms with Gasteiger partial charge in [0.05, 0.1) is 11.3 Å². The molecule has 3 aromatic heterocycles. The van der Waals surface area contributed by atoms with Crippen molar-refractivity contribution in [2.75, 3.05) is 19.6 Å². The Bertz CT molecular complexity index is 1250. The summed E-state index contributed by atoms with van der Waals surface area (Å²) in [4.78, 5) is 19.7. The number of likely N-dealkylation sites (tertiary alicyclic amines) is 1. The van der Waals surface area contributed by atoms with Crippen LogP contribution < -0.4 is 5.63 Å². The van der Waals surface area contributed by atoms with Gasteiger partial charge in [0.25, 0.3) is 0 Å². The van der Waals surface area contributed by atoms with Gasteiger partial charge in [-0.1, -0.05) is 19.1 Å². The molecule has 0 bridgehead atoms. The molecule has 1 aliphatic heterocycles. The highest BCUT2D eigenvalue weighted by Crippen LogP contribution is 2.31. The first kappa shape index (κ1) is 18.1. The van der Waals surface area contributed by atoms with Crippen LogP contribution in [0.5, 0.6) is 0 Å². The van der Waals surface area contributed by atoms with Gasteiger partial charge >= 0.3 is 5.63 Å². The maximum atomic E-state index is 12.7. The Hall–Kier alpha value is -2.92. The van der Waals surface area contributed by atoms with Crippen LogP contribution in [0.1, 0.15) is 36.9 Å². The average molecular weight is 387 g/mol. The lowest BCUT2D eigenvalue weighted by atomic mass is 9.89. The summed E-state index contributed by atoms with van der Waals surface area (Å²) < 4.78 is 7.69. The fourth-order valence-electron chi connectivity index (χ4n) is 4.44. The van der Waals surface area contributed by atoms with E-state index in [0.717, 1.165) is 54.8 Å². The SMILES string of the molecule is CCN1CCC(c2ccc3cc(-c4ccc5nc(C)cn5c4)c(=O)oc3c2)CC1. The molecule has 1 saturated heterocycles. The van der Waals surface area contributed by atoms with E-state index < -0.39 is 0 Å². The van der Waals surface area contributed by atoms with E-state index >= 15 is 0 Å². The molecular weight excluding hydrogens is 362 g/mol. The van der Waals surface area contributed by atoms with Gasteiger partial charge in [-0.25, -0.2) is 9.78 Å². The van der Waals surface area contributed by atoms with Gasteiger partial charge in [-0.15, -0.1) is 0 Å². The molecular formula is C24H25N3O2. The number of aromatic nitrogens is 2. The zero-order chi connectivity index (χ0) is 20.0. The molecule has 0 spiro atoms. The normalized spacial score (nSPS) is 16.1. The highest BCUT2D eigenvalue weighted by Gasteiger charge is 2.20. The summed E-state index contributed by atoms with van der Waals surface area (Å²) >= 11 is 0. The third kappa shape index (κ3) is 3.36. The number of rotatable bonds is 3. The molecule has 5 heteroatoms. The summed E-state index contributed by atoms with van der Waals surface area (Å²) in [5.74, 6) is 0.541. The van der Waals surface area contributed by atoms with Gasteiger partial charge in [-0.05, 0) is 75.1 Å². The van der Waals surface area contributed by atoms with Gasteiger partial charge in [0.1, 0.15) is 11.2 Å². The van der Waals surface area contributed by atoms with Crippen LogP contribution in [0.4, 0.5) is 0 Å². The Balaban J connectivity index is 1.50. The second-order valence-corrected chi connectivity index (χ2v) is 8.02. The van der Waals surface area contributed by atoms with Crippen molar-refractivity contribution < 1.29 is 4.42 Å². The third-order valence-corrected chi connectivity index (χ3v) is 6.15. The zero-order valence-corrected chi connectivity index (χ0v) is 16.9. The van der Waals surface area contributed by atoms with Gasteiger partial charge in [-0.2, -0.15) is 0 Å². The average Bonchev–Trinajstić information content (AvgIpc) is 3.12. The molecule has 0 atom stereocenters. The monoisotopic (exact) mass is 387 g/mol. The molecule has 1 fully saturated rings. The van der Waals surface area contributed by atoms with Crippen LogP contribution >= 0.6 is 0 Å². The number of hydrogen-bond donors (Lipinski definition) is 0. The molecule has 148 valence electrons. The molecule has 0 aliphatic carbocycles. The van der Waals surface area contributed by atoms with Crippen molar-refractivity contribution in [2.24, 2.45) is 0 Å². The molecule has 0 N–H and O–H groups in total. The van der Waals surface area contributed by atoms with E-state index in [9.17, 15) is 4.79 Å². The molecule has 5 rings (SSSR count). The Morgan fingerprint density at radius 1 is 1.10 bits per heavy atom. The number of nitrogens with zero attached hydrogens (tertiary/aromatic N) is 3. The lowest BCUT2D eigenvalue weighted by Crippen LogP contribution is -2.32. The summed E-state index contributed by atoms with van der Waals surface area (Å²) in [6, 6.07) is 12.1. The van der Waals surface area contributed by atoms with Crippen molar-refractivity contribution >= 4 is 16.6 Å². The minimum atomic E-state index is -0.299. The number of hydrogen-bond acceptors (Lipinski definition) is 4. The highest BCUT2D eigenvalue weighted by molar-refractivity contribution is 5.82. The van der Waals surface area contributed by atoms with E-state index in [2.05, 4.69) is 35.0 Å². The van der Waals surface area contributed by atoms with Gasteiger partial charge in [0.2, 0.25) is 0 Å². The molecule has 0 radical (unpaired) electrons. The van der Waals surface area contributed by atoms with E-state index in [1.54, 1.807) is 0 Å². The van der Waals surface area contributed by atoms with Crippen molar-refractivity contribution in [1.29, 1.82) is 0 Å². The standard InChI is InChI=1S/C24H25N3O2/c1-3-26-10-8-17(9-11-26)18-4-5-19-12-21(24(28)29-22(19)13-18)20-6-7-23-25-16(2)14-27(23)15-20/h4-7,12-15,17H,3,8-11H2,1-2H3. The van der Waals surface area contributed by atoms with Crippen molar-refractivity contribution in [3.05, 3.63) is 70.5 Å². The maximum absolute atomic E-state index is 12.7. The van der Waals surface area contributed by atoms with Crippen LogP contribution in [0.15, 0.2) is 58.0 Å². The first-order chi connectivity index (χ1) is 14.1. The summed E-state index contributed by atoms with van der Waals surface area (Å²) in [6.45, 7) is 7.57. The largest absolute Gasteiger partial charge is 0.422 e. The minimum absolute atomic E-state index is 0.299. The molecule has 1 aromatic carbocycles. The second kappa shape index (κ2) is 7.16. The Labute approximate surface area is 169 Å². The topological polar surface area (TPSA) is 50.8 Å². The fraction of sp³-hybridized carbons (Fsp3) is 0.333. The third-order valence-electron chi connectivity index (χ3n) is 6.15. The smallest absolute Gasteiger partial charge is 0.344 e. The number of imidazole rings is 1.